The molecule has 13 N–H and O–H groups in total. The van der Waals surface area contributed by atoms with Crippen molar-refractivity contribution in [2.24, 2.45) is 0 Å². The van der Waals surface area contributed by atoms with Crippen molar-refractivity contribution in [2.75, 3.05) is 31.7 Å². The Morgan fingerprint density at radius 2 is 1.17 bits per heavy atom. The SMILES string of the molecule is CNC(=O)C1CCCN1C(=O)[C@@H](C)OC(=O)OCCSSC[C@H](NC(=O)[C@H](Cc1ccccc1)NC(=O)[C@H](CC(=O)O)NC(=O)CC[C@H](NC(=O)CC[C@@H](NC(=S)N[C@H](CCC(=O)O)C(=O)O)C(=O)O)C(=O)O)C(=O)O. The van der Waals surface area contributed by atoms with Gasteiger partial charge < -0.3 is 82.2 Å². The van der Waals surface area contributed by atoms with Crippen LogP contribution < -0.4 is 37.2 Å². The van der Waals surface area contributed by atoms with Crippen LogP contribution in [0.15, 0.2) is 30.3 Å². The zero-order valence-electron chi connectivity index (χ0n) is 40.9. The molecule has 1 unspecified atom stereocenters. The monoisotopic (exact) mass is 1130 g/mol. The minimum absolute atomic E-state index is 0.102. The molecule has 1 aromatic carbocycles. The summed E-state index contributed by atoms with van der Waals surface area (Å²) >= 11 is 4.94. The molecule has 1 heterocycles. The van der Waals surface area contributed by atoms with Gasteiger partial charge in [-0.1, -0.05) is 51.9 Å². The molecule has 420 valence electrons. The van der Waals surface area contributed by atoms with Gasteiger partial charge in [-0.15, -0.1) is 0 Å². The van der Waals surface area contributed by atoms with E-state index in [0.717, 1.165) is 21.6 Å². The van der Waals surface area contributed by atoms with Gasteiger partial charge >= 0.3 is 42.0 Å². The van der Waals surface area contributed by atoms with E-state index in [1.54, 1.807) is 30.3 Å². The van der Waals surface area contributed by atoms with Crippen LogP contribution in [-0.4, -0.2) is 198 Å². The molecule has 29 nitrogen and oxygen atoms in total. The van der Waals surface area contributed by atoms with E-state index >= 15 is 0 Å². The van der Waals surface area contributed by atoms with Crippen LogP contribution in [0.25, 0.3) is 0 Å². The second-order valence-corrected chi connectivity index (χ2v) is 19.5. The average molecular weight is 1130 g/mol. The lowest BCUT2D eigenvalue weighted by Gasteiger charge is -2.25. The van der Waals surface area contributed by atoms with E-state index in [2.05, 4.69) is 37.2 Å². The molecule has 1 aromatic rings. The molecule has 8 atom stereocenters. The average Bonchev–Trinajstić information content (AvgIpc) is 3.85. The highest BCUT2D eigenvalue weighted by molar-refractivity contribution is 8.76. The van der Waals surface area contributed by atoms with Gasteiger partial charge in [0, 0.05) is 50.8 Å². The van der Waals surface area contributed by atoms with Crippen molar-refractivity contribution in [3.05, 3.63) is 35.9 Å². The van der Waals surface area contributed by atoms with Gasteiger partial charge in [0.25, 0.3) is 5.91 Å². The lowest BCUT2D eigenvalue weighted by molar-refractivity contribution is -0.145. The molecule has 0 spiro atoms. The van der Waals surface area contributed by atoms with Crippen molar-refractivity contribution in [1.82, 2.24) is 42.1 Å². The van der Waals surface area contributed by atoms with E-state index in [-0.39, 0.29) is 30.4 Å². The first-order valence-corrected chi connectivity index (χ1v) is 26.0. The van der Waals surface area contributed by atoms with Crippen LogP contribution >= 0.6 is 33.8 Å². The molecule has 1 fully saturated rings. The summed E-state index contributed by atoms with van der Waals surface area (Å²) in [4.78, 5) is 162. The van der Waals surface area contributed by atoms with Crippen molar-refractivity contribution >= 4 is 116 Å². The summed E-state index contributed by atoms with van der Waals surface area (Å²) in [7, 11) is 3.46. The number of carbonyl (C=O) groups is 13. The maximum atomic E-state index is 13.7. The summed E-state index contributed by atoms with van der Waals surface area (Å²) < 4.78 is 10.1. The molecule has 1 saturated heterocycles. The third-order valence-electron chi connectivity index (χ3n) is 10.8. The number of carboxylic acids is 6. The van der Waals surface area contributed by atoms with E-state index in [1.807, 2.05) is 0 Å². The van der Waals surface area contributed by atoms with Crippen LogP contribution in [0.1, 0.15) is 70.3 Å². The van der Waals surface area contributed by atoms with Gasteiger partial charge in [-0.3, -0.25) is 38.4 Å². The highest BCUT2D eigenvalue weighted by Gasteiger charge is 2.37. The Labute approximate surface area is 446 Å². The van der Waals surface area contributed by atoms with Crippen LogP contribution in [0.4, 0.5) is 4.79 Å². The van der Waals surface area contributed by atoms with Crippen molar-refractivity contribution in [1.29, 1.82) is 0 Å². The molecule has 0 aromatic heterocycles. The number of amides is 6. The van der Waals surface area contributed by atoms with Gasteiger partial charge in [0.1, 0.15) is 48.9 Å². The Hall–Kier alpha value is -7.48. The number of likely N-dealkylation sites (N-methyl/N-ethyl adjacent to an activating group) is 1. The largest absolute Gasteiger partial charge is 0.509 e. The number of likely N-dealkylation sites (tertiary alicyclic amines) is 1. The molecule has 0 radical (unpaired) electrons. The molecule has 0 saturated carbocycles. The Kier molecular flexibility index (Phi) is 28.4. The second kappa shape index (κ2) is 33.4. The lowest BCUT2D eigenvalue weighted by atomic mass is 10.0. The third kappa shape index (κ3) is 24.2. The van der Waals surface area contributed by atoms with Crippen molar-refractivity contribution in [3.63, 3.8) is 0 Å². The smallest absolute Gasteiger partial charge is 0.481 e. The molecular formula is C44H60N8O21S3. The van der Waals surface area contributed by atoms with E-state index in [4.69, 9.17) is 26.8 Å². The lowest BCUT2D eigenvalue weighted by Crippen LogP contribution is -2.57. The summed E-state index contributed by atoms with van der Waals surface area (Å²) in [6.07, 6.45) is -6.16. The first-order valence-electron chi connectivity index (χ1n) is 23.1. The fraction of sp³-hybridized carbons (Fsp3) is 0.545. The highest BCUT2D eigenvalue weighted by Crippen LogP contribution is 2.23. The fourth-order valence-corrected chi connectivity index (χ4v) is 9.18. The standard InChI is InChI=1S/C44H60N8O21S3/c1-22(38(62)52-16-6-9-30(52)37(61)45-2)73-44(71)72-17-18-75-76-21-29(42(69)70)49-35(59)27(19-23-7-4-3-5-8-23)48-36(60)28(20-34(57)58)47-32(54)13-10-24(39(63)64)46-31(53)14-11-25(40(65)66)50-43(74)51-26(41(67)68)12-15-33(55)56/h3-5,7-8,22,24-30H,6,9-21H2,1-2H3,(H,45,61)(H,46,53)(H,47,54)(H,48,60)(H,49,59)(H,55,56)(H,57,58)(H,63,64)(H,65,66)(H,67,68)(H,69,70)(H2,50,51,74)/t22-,24+,25-,26-,27+,28+,29+,30?/m1/s1. The minimum Gasteiger partial charge on any atom is -0.481 e. The molecule has 0 bridgehead atoms. The Morgan fingerprint density at radius 1 is 0.658 bits per heavy atom. The number of rotatable bonds is 34. The van der Waals surface area contributed by atoms with Crippen LogP contribution in [0.2, 0.25) is 0 Å². The van der Waals surface area contributed by atoms with Gasteiger partial charge in [-0.25, -0.2) is 24.0 Å². The number of hydrogen-bond acceptors (Lipinski definition) is 18. The van der Waals surface area contributed by atoms with Gasteiger partial charge in [0.15, 0.2) is 11.2 Å². The van der Waals surface area contributed by atoms with Gasteiger partial charge in [0.05, 0.1) is 6.42 Å². The van der Waals surface area contributed by atoms with Crippen molar-refractivity contribution in [3.8, 4) is 0 Å². The number of nitrogens with zero attached hydrogens (tertiary/aromatic N) is 1. The molecular weight excluding hydrogens is 1070 g/mol. The zero-order valence-corrected chi connectivity index (χ0v) is 43.3. The van der Waals surface area contributed by atoms with Crippen LogP contribution in [0.5, 0.6) is 0 Å². The highest BCUT2D eigenvalue weighted by atomic mass is 33.1. The minimum atomic E-state index is -1.88. The Morgan fingerprint density at radius 3 is 1.70 bits per heavy atom. The number of hydrogen-bond donors (Lipinski definition) is 13. The van der Waals surface area contributed by atoms with Crippen molar-refractivity contribution < 1.29 is 102 Å². The number of ether oxygens (including phenoxy) is 2. The summed E-state index contributed by atoms with van der Waals surface area (Å²) in [5.74, 6) is -14.4. The predicted molar refractivity (Wildman–Crippen MR) is 268 cm³/mol. The second-order valence-electron chi connectivity index (χ2n) is 16.5. The Balaban J connectivity index is 2.01. The molecule has 32 heteroatoms. The molecule has 6 amide bonds. The Bertz CT molecular complexity index is 2280. The summed E-state index contributed by atoms with van der Waals surface area (Å²) in [5, 5.41) is 72.5. The number of aliphatic carboxylic acids is 6. The zero-order chi connectivity index (χ0) is 57.1. The molecule has 0 aliphatic carbocycles. The first-order chi connectivity index (χ1) is 35.8. The first kappa shape index (κ1) is 64.6. The number of nitrogens with one attached hydrogen (secondary N) is 7. The fourth-order valence-electron chi connectivity index (χ4n) is 6.91. The van der Waals surface area contributed by atoms with E-state index in [1.165, 1.54) is 18.9 Å². The number of thiocarbonyl (C=S) groups is 1. The third-order valence-corrected chi connectivity index (χ3v) is 13.4. The van der Waals surface area contributed by atoms with Crippen LogP contribution in [-0.2, 0) is 73.4 Å². The van der Waals surface area contributed by atoms with E-state index < -0.39 is 170 Å². The molecule has 1 aliphatic heterocycles. The van der Waals surface area contributed by atoms with Crippen molar-refractivity contribution in [2.45, 2.75) is 120 Å². The predicted octanol–water partition coefficient (Wildman–Crippen LogP) is -1.73. The van der Waals surface area contributed by atoms with Crippen LogP contribution in [0.3, 0.4) is 0 Å². The van der Waals surface area contributed by atoms with E-state index in [0.29, 0.717) is 24.9 Å². The summed E-state index contributed by atoms with van der Waals surface area (Å²) in [6, 6.07) is -2.56. The maximum absolute atomic E-state index is 13.7. The van der Waals surface area contributed by atoms with Gasteiger partial charge in [0.2, 0.25) is 29.5 Å². The number of carbonyl (C=O) groups excluding carboxylic acids is 7. The quantitative estimate of drug-likeness (QED) is 0.0158. The van der Waals surface area contributed by atoms with Gasteiger partial charge in [-0.2, -0.15) is 0 Å². The molecule has 2 rings (SSSR count). The number of benzene rings is 1. The van der Waals surface area contributed by atoms with E-state index in [9.17, 15) is 87.9 Å². The topological polar surface area (TPSA) is 449 Å². The summed E-state index contributed by atoms with van der Waals surface area (Å²) in [6.45, 7) is 1.41. The summed E-state index contributed by atoms with van der Waals surface area (Å²) in [5.41, 5.74) is 0.468. The normalized spacial score (nSPS) is 15.5. The van der Waals surface area contributed by atoms with Gasteiger partial charge in [-0.05, 0) is 56.8 Å². The molecule has 76 heavy (non-hydrogen) atoms. The maximum Gasteiger partial charge on any atom is 0.509 e. The molecule has 1 aliphatic rings. The van der Waals surface area contributed by atoms with Crippen LogP contribution in [0, 0.1) is 0 Å². The number of carboxylic acid groups (broad SMARTS) is 6.